The van der Waals surface area contributed by atoms with Crippen molar-refractivity contribution in [3.05, 3.63) is 64.5 Å². The maximum Gasteiger partial charge on any atom is 0.350 e. The second-order valence-corrected chi connectivity index (χ2v) is 11.6. The zero-order valence-corrected chi connectivity index (χ0v) is 22.1. The predicted octanol–water partition coefficient (Wildman–Crippen LogP) is 5.11. The molecule has 10 heteroatoms. The van der Waals surface area contributed by atoms with Crippen molar-refractivity contribution in [2.45, 2.75) is 51.0 Å². The molecule has 1 aliphatic rings. The van der Waals surface area contributed by atoms with E-state index in [0.29, 0.717) is 17.8 Å². The van der Waals surface area contributed by atoms with Crippen molar-refractivity contribution in [2.75, 3.05) is 18.5 Å². The predicted molar refractivity (Wildman–Crippen MR) is 140 cm³/mol. The Morgan fingerprint density at radius 2 is 1.92 bits per heavy atom. The standard InChI is InChI=1S/C26H29N3O5S2/c1-4-34-25(31)23-22(19-11-6-5-7-12-19)27-26(35-23)28-24(30)21-16-20(14-13-17(21)2)36(32,33)29-15-9-8-10-18(29)3/h5-7,11-14,16,18H,4,8-10,15H2,1-3H3,(H,27,28,30). The highest BCUT2D eigenvalue weighted by Gasteiger charge is 2.32. The van der Waals surface area contributed by atoms with Gasteiger partial charge in [-0.3, -0.25) is 10.1 Å². The number of nitrogens with one attached hydrogen (secondary N) is 1. The van der Waals surface area contributed by atoms with Crippen molar-refractivity contribution in [1.82, 2.24) is 9.29 Å². The molecule has 0 bridgehead atoms. The second kappa shape index (κ2) is 10.9. The Bertz CT molecular complexity index is 1370. The molecule has 4 rings (SSSR count). The number of thiazole rings is 1. The zero-order valence-electron chi connectivity index (χ0n) is 20.5. The van der Waals surface area contributed by atoms with Gasteiger partial charge in [0.1, 0.15) is 4.88 Å². The van der Waals surface area contributed by atoms with Crippen LogP contribution < -0.4 is 5.32 Å². The number of hydrogen-bond donors (Lipinski definition) is 1. The number of carbonyl (C=O) groups is 2. The molecular formula is C26H29N3O5S2. The smallest absolute Gasteiger partial charge is 0.350 e. The van der Waals surface area contributed by atoms with Gasteiger partial charge in [-0.2, -0.15) is 4.31 Å². The molecule has 1 aliphatic heterocycles. The van der Waals surface area contributed by atoms with E-state index in [2.05, 4.69) is 10.3 Å². The van der Waals surface area contributed by atoms with Gasteiger partial charge in [-0.1, -0.05) is 54.2 Å². The van der Waals surface area contributed by atoms with Crippen LogP contribution in [0.3, 0.4) is 0 Å². The number of piperidine rings is 1. The summed E-state index contributed by atoms with van der Waals surface area (Å²) in [7, 11) is -3.73. The molecule has 36 heavy (non-hydrogen) atoms. The van der Waals surface area contributed by atoms with Crippen molar-refractivity contribution in [2.24, 2.45) is 0 Å². The molecule has 2 aromatic carbocycles. The van der Waals surface area contributed by atoms with E-state index in [0.717, 1.165) is 36.2 Å². The molecule has 0 aliphatic carbocycles. The normalized spacial score (nSPS) is 16.5. The fourth-order valence-electron chi connectivity index (χ4n) is 4.24. The summed E-state index contributed by atoms with van der Waals surface area (Å²) >= 11 is 1.02. The summed E-state index contributed by atoms with van der Waals surface area (Å²) in [6, 6.07) is 13.7. The first kappa shape index (κ1) is 26.0. The van der Waals surface area contributed by atoms with Crippen LogP contribution >= 0.6 is 11.3 Å². The Hall–Kier alpha value is -3.08. The zero-order chi connectivity index (χ0) is 25.9. The van der Waals surface area contributed by atoms with E-state index in [-0.39, 0.29) is 33.1 Å². The number of nitrogens with zero attached hydrogens (tertiary/aromatic N) is 2. The van der Waals surface area contributed by atoms with E-state index in [1.807, 2.05) is 37.3 Å². The average Bonchev–Trinajstić information content (AvgIpc) is 3.29. The Morgan fingerprint density at radius 3 is 2.61 bits per heavy atom. The van der Waals surface area contributed by atoms with Crippen LogP contribution in [-0.2, 0) is 14.8 Å². The summed E-state index contributed by atoms with van der Waals surface area (Å²) < 4.78 is 33.3. The number of benzene rings is 2. The first-order valence-corrected chi connectivity index (χ1v) is 14.1. The Kier molecular flexibility index (Phi) is 7.87. The highest BCUT2D eigenvalue weighted by Crippen LogP contribution is 2.32. The van der Waals surface area contributed by atoms with Crippen molar-refractivity contribution in [3.63, 3.8) is 0 Å². The molecule has 1 amide bonds. The highest BCUT2D eigenvalue weighted by molar-refractivity contribution is 7.89. The molecular weight excluding hydrogens is 498 g/mol. The quantitative estimate of drug-likeness (QED) is 0.428. The summed E-state index contributed by atoms with van der Waals surface area (Å²) in [6.07, 6.45) is 2.63. The van der Waals surface area contributed by atoms with E-state index < -0.39 is 21.9 Å². The van der Waals surface area contributed by atoms with Crippen LogP contribution in [0.4, 0.5) is 5.13 Å². The number of hydrogen-bond acceptors (Lipinski definition) is 7. The van der Waals surface area contributed by atoms with Crippen LogP contribution in [0.5, 0.6) is 0 Å². The lowest BCUT2D eigenvalue weighted by atomic mass is 10.1. The van der Waals surface area contributed by atoms with Crippen LogP contribution in [0.1, 0.15) is 58.7 Å². The largest absolute Gasteiger partial charge is 0.462 e. The Morgan fingerprint density at radius 1 is 1.17 bits per heavy atom. The lowest BCUT2D eigenvalue weighted by molar-refractivity contribution is 0.0532. The number of carbonyl (C=O) groups excluding carboxylic acids is 2. The number of anilines is 1. The number of aryl methyl sites for hydroxylation is 1. The molecule has 1 unspecified atom stereocenters. The minimum absolute atomic E-state index is 0.0864. The monoisotopic (exact) mass is 527 g/mol. The molecule has 1 N–H and O–H groups in total. The molecule has 1 fully saturated rings. The molecule has 2 heterocycles. The number of aromatic nitrogens is 1. The van der Waals surface area contributed by atoms with E-state index in [9.17, 15) is 18.0 Å². The maximum absolute atomic E-state index is 13.3. The van der Waals surface area contributed by atoms with Crippen molar-refractivity contribution in [3.8, 4) is 11.3 Å². The summed E-state index contributed by atoms with van der Waals surface area (Å²) in [5.74, 6) is -1.02. The minimum Gasteiger partial charge on any atom is -0.462 e. The van der Waals surface area contributed by atoms with Gasteiger partial charge in [0.05, 0.1) is 17.2 Å². The van der Waals surface area contributed by atoms with Gasteiger partial charge in [0.25, 0.3) is 5.91 Å². The molecule has 0 saturated carbocycles. The molecule has 1 aromatic heterocycles. The lowest BCUT2D eigenvalue weighted by Crippen LogP contribution is -2.42. The average molecular weight is 528 g/mol. The van der Waals surface area contributed by atoms with Gasteiger partial charge in [-0.25, -0.2) is 18.2 Å². The molecule has 8 nitrogen and oxygen atoms in total. The van der Waals surface area contributed by atoms with Crippen LogP contribution in [0.2, 0.25) is 0 Å². The van der Waals surface area contributed by atoms with Crippen molar-refractivity contribution >= 4 is 38.4 Å². The van der Waals surface area contributed by atoms with Crippen molar-refractivity contribution < 1.29 is 22.7 Å². The lowest BCUT2D eigenvalue weighted by Gasteiger charge is -2.32. The SMILES string of the molecule is CCOC(=O)c1sc(NC(=O)c2cc(S(=O)(=O)N3CCCCC3C)ccc2C)nc1-c1ccccc1. The van der Waals surface area contributed by atoms with E-state index in [1.54, 1.807) is 26.0 Å². The fourth-order valence-corrected chi connectivity index (χ4v) is 6.84. The van der Waals surface area contributed by atoms with Crippen LogP contribution in [0.15, 0.2) is 53.4 Å². The van der Waals surface area contributed by atoms with Gasteiger partial charge >= 0.3 is 5.97 Å². The van der Waals surface area contributed by atoms with E-state index in [1.165, 1.54) is 10.4 Å². The fraction of sp³-hybridized carbons (Fsp3) is 0.346. The third-order valence-electron chi connectivity index (χ3n) is 6.16. The summed E-state index contributed by atoms with van der Waals surface area (Å²) in [4.78, 5) is 30.7. The highest BCUT2D eigenvalue weighted by atomic mass is 32.2. The third kappa shape index (κ3) is 5.35. The van der Waals surface area contributed by atoms with Gasteiger partial charge < -0.3 is 4.74 Å². The number of esters is 1. The summed E-state index contributed by atoms with van der Waals surface area (Å²) in [5.41, 5.74) is 2.00. The van der Waals surface area contributed by atoms with Gasteiger partial charge in [-0.15, -0.1) is 0 Å². The van der Waals surface area contributed by atoms with Gasteiger partial charge in [0.15, 0.2) is 5.13 Å². The van der Waals surface area contributed by atoms with Gasteiger partial charge in [0.2, 0.25) is 10.0 Å². The summed E-state index contributed by atoms with van der Waals surface area (Å²) in [6.45, 7) is 6.06. The topological polar surface area (TPSA) is 106 Å². The molecule has 1 atom stereocenters. The molecule has 3 aromatic rings. The molecule has 0 radical (unpaired) electrons. The Labute approximate surface area is 215 Å². The number of rotatable bonds is 7. The third-order valence-corrected chi connectivity index (χ3v) is 9.12. The van der Waals surface area contributed by atoms with E-state index in [4.69, 9.17) is 4.74 Å². The number of ether oxygens (including phenoxy) is 1. The molecule has 0 spiro atoms. The summed E-state index contributed by atoms with van der Waals surface area (Å²) in [5, 5.41) is 2.97. The van der Waals surface area contributed by atoms with Crippen LogP contribution in [0.25, 0.3) is 11.3 Å². The van der Waals surface area contributed by atoms with Gasteiger partial charge in [-0.05, 0) is 51.3 Å². The van der Waals surface area contributed by atoms with Crippen LogP contribution in [0, 0.1) is 6.92 Å². The van der Waals surface area contributed by atoms with Crippen molar-refractivity contribution in [1.29, 1.82) is 0 Å². The number of amides is 1. The maximum atomic E-state index is 13.3. The Balaban J connectivity index is 1.64. The minimum atomic E-state index is -3.73. The van der Waals surface area contributed by atoms with Gasteiger partial charge in [0, 0.05) is 23.7 Å². The first-order valence-electron chi connectivity index (χ1n) is 11.9. The number of sulfonamides is 1. The molecule has 1 saturated heterocycles. The van der Waals surface area contributed by atoms with E-state index >= 15 is 0 Å². The van der Waals surface area contributed by atoms with Crippen LogP contribution in [-0.4, -0.2) is 48.8 Å². The first-order chi connectivity index (χ1) is 17.2. The molecule has 190 valence electrons. The second-order valence-electron chi connectivity index (χ2n) is 8.67.